The minimum atomic E-state index is 0.342. The largest absolute Gasteiger partial charge is 0.396 e. The molecular weight excluding hydrogens is 224 g/mol. The average Bonchev–Trinajstić information content (AvgIpc) is 2.28. The molecule has 1 heterocycles. The van der Waals surface area contributed by atoms with Crippen LogP contribution >= 0.6 is 0 Å². The number of hydrogen-bond donors (Lipinski definition) is 2. The molecule has 0 unspecified atom stereocenters. The summed E-state index contributed by atoms with van der Waals surface area (Å²) in [5.41, 5.74) is 0.384. The fourth-order valence-electron chi connectivity index (χ4n) is 2.94. The van der Waals surface area contributed by atoms with Crippen molar-refractivity contribution in [1.82, 2.24) is 10.2 Å². The second-order valence-corrected chi connectivity index (χ2v) is 6.88. The number of nitrogens with one attached hydrogen (secondary N) is 1. The van der Waals surface area contributed by atoms with Gasteiger partial charge in [0.1, 0.15) is 0 Å². The van der Waals surface area contributed by atoms with Crippen LogP contribution in [-0.4, -0.2) is 49.3 Å². The predicted molar refractivity (Wildman–Crippen MR) is 77.8 cm³/mol. The Bertz CT molecular complexity index is 207. The molecule has 0 aromatic rings. The highest BCUT2D eigenvalue weighted by Gasteiger charge is 2.18. The van der Waals surface area contributed by atoms with Crippen molar-refractivity contribution < 1.29 is 5.11 Å². The fraction of sp³-hybridized carbons (Fsp3) is 1.00. The SMILES string of the molecule is CC(C)(C)C[C@@H](CCO)CCCN1CCNCC1. The maximum absolute atomic E-state index is 9.16. The molecule has 0 aromatic carbocycles. The van der Waals surface area contributed by atoms with E-state index >= 15 is 0 Å². The summed E-state index contributed by atoms with van der Waals surface area (Å²) in [5.74, 6) is 0.693. The van der Waals surface area contributed by atoms with Crippen LogP contribution < -0.4 is 5.32 Å². The van der Waals surface area contributed by atoms with Crippen molar-refractivity contribution in [2.75, 3.05) is 39.3 Å². The molecule has 1 fully saturated rings. The van der Waals surface area contributed by atoms with Gasteiger partial charge in [0.05, 0.1) is 0 Å². The van der Waals surface area contributed by atoms with Gasteiger partial charge in [-0.05, 0) is 43.6 Å². The lowest BCUT2D eigenvalue weighted by molar-refractivity contribution is 0.192. The molecule has 3 nitrogen and oxygen atoms in total. The van der Waals surface area contributed by atoms with E-state index in [4.69, 9.17) is 5.11 Å². The molecule has 3 heteroatoms. The van der Waals surface area contributed by atoms with Crippen LogP contribution in [0.4, 0.5) is 0 Å². The van der Waals surface area contributed by atoms with Crippen molar-refractivity contribution in [1.29, 1.82) is 0 Å². The summed E-state index contributed by atoms with van der Waals surface area (Å²) in [6, 6.07) is 0. The van der Waals surface area contributed by atoms with Gasteiger partial charge in [-0.2, -0.15) is 0 Å². The molecule has 1 rings (SSSR count). The minimum absolute atomic E-state index is 0.342. The Morgan fingerprint density at radius 3 is 2.39 bits per heavy atom. The highest BCUT2D eigenvalue weighted by molar-refractivity contribution is 4.72. The van der Waals surface area contributed by atoms with E-state index in [9.17, 15) is 0 Å². The molecule has 0 saturated carbocycles. The monoisotopic (exact) mass is 256 g/mol. The lowest BCUT2D eigenvalue weighted by Crippen LogP contribution is -2.43. The third kappa shape index (κ3) is 7.34. The van der Waals surface area contributed by atoms with Crippen LogP contribution in [0.1, 0.15) is 46.5 Å². The number of hydrogen-bond acceptors (Lipinski definition) is 3. The zero-order valence-electron chi connectivity index (χ0n) is 12.5. The lowest BCUT2D eigenvalue weighted by atomic mass is 9.81. The molecular formula is C15H32N2O. The van der Waals surface area contributed by atoms with Crippen LogP contribution in [0, 0.1) is 11.3 Å². The van der Waals surface area contributed by atoms with Crippen molar-refractivity contribution in [3.8, 4) is 0 Å². The molecule has 0 radical (unpaired) electrons. The predicted octanol–water partition coefficient (Wildman–Crippen LogP) is 2.11. The quantitative estimate of drug-likeness (QED) is 0.732. The van der Waals surface area contributed by atoms with Gasteiger partial charge in [0.15, 0.2) is 0 Å². The highest BCUT2D eigenvalue weighted by Crippen LogP contribution is 2.29. The molecule has 0 bridgehead atoms. The van der Waals surface area contributed by atoms with Crippen LogP contribution in [-0.2, 0) is 0 Å². The Kier molecular flexibility index (Phi) is 7.20. The number of rotatable bonds is 7. The highest BCUT2D eigenvalue weighted by atomic mass is 16.3. The van der Waals surface area contributed by atoms with Gasteiger partial charge in [-0.25, -0.2) is 0 Å². The Labute approximate surface area is 113 Å². The van der Waals surface area contributed by atoms with Crippen molar-refractivity contribution in [2.45, 2.75) is 46.5 Å². The molecule has 18 heavy (non-hydrogen) atoms. The van der Waals surface area contributed by atoms with E-state index < -0.39 is 0 Å². The van der Waals surface area contributed by atoms with Crippen LogP contribution in [0.5, 0.6) is 0 Å². The first kappa shape index (κ1) is 15.9. The van der Waals surface area contributed by atoms with E-state index in [0.717, 1.165) is 19.5 Å². The van der Waals surface area contributed by atoms with Gasteiger partial charge in [0, 0.05) is 32.8 Å². The zero-order chi connectivity index (χ0) is 13.4. The first-order valence-electron chi connectivity index (χ1n) is 7.55. The van der Waals surface area contributed by atoms with Gasteiger partial charge >= 0.3 is 0 Å². The summed E-state index contributed by atoms with van der Waals surface area (Å²) < 4.78 is 0. The summed E-state index contributed by atoms with van der Waals surface area (Å²) in [6.45, 7) is 13.1. The molecule has 1 aliphatic rings. The first-order chi connectivity index (χ1) is 8.51. The van der Waals surface area contributed by atoms with Crippen molar-refractivity contribution >= 4 is 0 Å². The summed E-state index contributed by atoms with van der Waals surface area (Å²) in [5, 5.41) is 12.6. The van der Waals surface area contributed by atoms with Crippen LogP contribution in [0.25, 0.3) is 0 Å². The van der Waals surface area contributed by atoms with Gasteiger partial charge in [-0.1, -0.05) is 20.8 Å². The fourth-order valence-corrected chi connectivity index (χ4v) is 2.94. The van der Waals surface area contributed by atoms with Crippen molar-refractivity contribution in [3.63, 3.8) is 0 Å². The standard InChI is InChI=1S/C15H32N2O/c1-15(2,3)13-14(6-12-18)5-4-9-17-10-7-16-8-11-17/h14,16,18H,4-13H2,1-3H3/t14-/m1/s1. The van der Waals surface area contributed by atoms with E-state index in [-0.39, 0.29) is 0 Å². The number of nitrogens with zero attached hydrogens (tertiary/aromatic N) is 1. The maximum atomic E-state index is 9.16. The second-order valence-electron chi connectivity index (χ2n) is 6.88. The van der Waals surface area contributed by atoms with Gasteiger partial charge in [-0.3, -0.25) is 0 Å². The van der Waals surface area contributed by atoms with Gasteiger partial charge in [-0.15, -0.1) is 0 Å². The number of piperazine rings is 1. The summed E-state index contributed by atoms with van der Waals surface area (Å²) >= 11 is 0. The van der Waals surface area contributed by atoms with E-state index in [1.165, 1.54) is 38.9 Å². The summed E-state index contributed by atoms with van der Waals surface area (Å²) in [6.07, 6.45) is 4.75. The molecule has 0 aliphatic carbocycles. The topological polar surface area (TPSA) is 35.5 Å². The molecule has 108 valence electrons. The third-order valence-electron chi connectivity index (χ3n) is 3.73. The minimum Gasteiger partial charge on any atom is -0.396 e. The Morgan fingerprint density at radius 2 is 1.83 bits per heavy atom. The molecule has 1 aliphatic heterocycles. The van der Waals surface area contributed by atoms with Crippen molar-refractivity contribution in [3.05, 3.63) is 0 Å². The summed E-state index contributed by atoms with van der Waals surface area (Å²) in [7, 11) is 0. The van der Waals surface area contributed by atoms with E-state index in [1.54, 1.807) is 0 Å². The summed E-state index contributed by atoms with van der Waals surface area (Å²) in [4.78, 5) is 2.56. The number of aliphatic hydroxyl groups is 1. The molecule has 1 atom stereocenters. The second kappa shape index (κ2) is 8.13. The molecule has 0 amide bonds. The molecule has 0 spiro atoms. The van der Waals surface area contributed by atoms with Gasteiger partial charge < -0.3 is 15.3 Å². The smallest absolute Gasteiger partial charge is 0.0433 e. The number of aliphatic hydroxyl groups excluding tert-OH is 1. The average molecular weight is 256 g/mol. The maximum Gasteiger partial charge on any atom is 0.0433 e. The molecule has 2 N–H and O–H groups in total. The lowest BCUT2D eigenvalue weighted by Gasteiger charge is -2.29. The Morgan fingerprint density at radius 1 is 1.17 bits per heavy atom. The van der Waals surface area contributed by atoms with Gasteiger partial charge in [0.2, 0.25) is 0 Å². The van der Waals surface area contributed by atoms with Crippen LogP contribution in [0.2, 0.25) is 0 Å². The molecule has 1 saturated heterocycles. The van der Waals surface area contributed by atoms with E-state index in [0.29, 0.717) is 17.9 Å². The Balaban J connectivity index is 2.19. The van der Waals surface area contributed by atoms with Crippen LogP contribution in [0.3, 0.4) is 0 Å². The Hall–Kier alpha value is -0.120. The van der Waals surface area contributed by atoms with E-state index in [2.05, 4.69) is 31.0 Å². The van der Waals surface area contributed by atoms with Gasteiger partial charge in [0.25, 0.3) is 0 Å². The molecule has 0 aromatic heterocycles. The van der Waals surface area contributed by atoms with Crippen LogP contribution in [0.15, 0.2) is 0 Å². The normalized spacial score (nSPS) is 20.0. The van der Waals surface area contributed by atoms with Crippen molar-refractivity contribution in [2.24, 2.45) is 11.3 Å². The van der Waals surface area contributed by atoms with E-state index in [1.807, 2.05) is 0 Å². The third-order valence-corrected chi connectivity index (χ3v) is 3.73. The first-order valence-corrected chi connectivity index (χ1v) is 7.55. The zero-order valence-corrected chi connectivity index (χ0v) is 12.5.